The lowest BCUT2D eigenvalue weighted by molar-refractivity contribution is 0.102. The molecule has 2 heterocycles. The average molecular weight is 417 g/mol. The summed E-state index contributed by atoms with van der Waals surface area (Å²) in [4.78, 5) is 21.3. The molecular weight excluding hydrogens is 398 g/mol. The quantitative estimate of drug-likeness (QED) is 0.470. The number of benzene rings is 2. The first-order valence-electron chi connectivity index (χ1n) is 9.17. The second kappa shape index (κ2) is 8.75. The Morgan fingerprint density at radius 3 is 2.33 bits per heavy atom. The summed E-state index contributed by atoms with van der Waals surface area (Å²) in [6.45, 7) is 0. The molecule has 2 aromatic carbocycles. The summed E-state index contributed by atoms with van der Waals surface area (Å²) >= 11 is 1.59. The van der Waals surface area contributed by atoms with Crippen molar-refractivity contribution in [2.75, 3.05) is 19.5 Å². The summed E-state index contributed by atoms with van der Waals surface area (Å²) < 4.78 is 10.5. The van der Waals surface area contributed by atoms with Crippen molar-refractivity contribution in [2.45, 2.75) is 0 Å². The Kier molecular flexibility index (Phi) is 5.72. The molecule has 6 nitrogen and oxygen atoms in total. The van der Waals surface area contributed by atoms with Crippen LogP contribution in [0.3, 0.4) is 0 Å². The van der Waals surface area contributed by atoms with E-state index in [0.717, 1.165) is 21.8 Å². The molecule has 0 aliphatic heterocycles. The van der Waals surface area contributed by atoms with Gasteiger partial charge in [-0.2, -0.15) is 0 Å². The zero-order chi connectivity index (χ0) is 20.9. The van der Waals surface area contributed by atoms with E-state index in [1.54, 1.807) is 49.0 Å². The molecule has 0 saturated carbocycles. The molecule has 0 fully saturated rings. The molecule has 1 N–H and O–H groups in total. The van der Waals surface area contributed by atoms with E-state index in [9.17, 15) is 4.79 Å². The van der Waals surface area contributed by atoms with Crippen molar-refractivity contribution in [3.05, 3.63) is 77.9 Å². The Labute approximate surface area is 178 Å². The zero-order valence-corrected chi connectivity index (χ0v) is 17.3. The topological polar surface area (TPSA) is 73.3 Å². The van der Waals surface area contributed by atoms with Crippen molar-refractivity contribution >= 4 is 22.9 Å². The number of aromatic nitrogens is 2. The number of pyridine rings is 1. The van der Waals surface area contributed by atoms with Gasteiger partial charge in [0.05, 0.1) is 19.9 Å². The van der Waals surface area contributed by atoms with Crippen molar-refractivity contribution < 1.29 is 14.3 Å². The number of hydrogen-bond acceptors (Lipinski definition) is 6. The van der Waals surface area contributed by atoms with Crippen LogP contribution < -0.4 is 14.8 Å². The summed E-state index contributed by atoms with van der Waals surface area (Å²) in [7, 11) is 3.10. The van der Waals surface area contributed by atoms with Gasteiger partial charge >= 0.3 is 0 Å². The van der Waals surface area contributed by atoms with Crippen LogP contribution in [0, 0.1) is 0 Å². The molecule has 4 aromatic rings. The van der Waals surface area contributed by atoms with Gasteiger partial charge in [0.25, 0.3) is 5.91 Å². The second-order valence-corrected chi connectivity index (χ2v) is 7.23. The fourth-order valence-electron chi connectivity index (χ4n) is 2.94. The van der Waals surface area contributed by atoms with Crippen molar-refractivity contribution in [1.29, 1.82) is 0 Å². The fraction of sp³-hybridized carbons (Fsp3) is 0.0870. The molecule has 0 atom stereocenters. The molecule has 0 spiro atoms. The summed E-state index contributed by atoms with van der Waals surface area (Å²) in [5.74, 6) is 0.860. The molecule has 4 rings (SSSR count). The molecular formula is C23H19N3O3S. The highest BCUT2D eigenvalue weighted by atomic mass is 32.1. The Morgan fingerprint density at radius 1 is 0.900 bits per heavy atom. The molecule has 0 unspecified atom stereocenters. The molecule has 0 aliphatic carbocycles. The molecule has 1 amide bonds. The van der Waals surface area contributed by atoms with E-state index >= 15 is 0 Å². The van der Waals surface area contributed by atoms with Gasteiger partial charge in [0, 0.05) is 40.2 Å². The first-order chi connectivity index (χ1) is 14.7. The minimum Gasteiger partial charge on any atom is -0.493 e. The number of amides is 1. The number of ether oxygens (including phenoxy) is 2. The SMILES string of the molecule is COc1ccc(C(=O)Nc2ccc(-c3csc(-c4ccncc4)n3)cc2)cc1OC. The average Bonchev–Trinajstić information content (AvgIpc) is 3.30. The molecule has 0 saturated heterocycles. The highest BCUT2D eigenvalue weighted by Crippen LogP contribution is 2.30. The molecule has 0 radical (unpaired) electrons. The lowest BCUT2D eigenvalue weighted by Gasteiger charge is -2.10. The first-order valence-corrected chi connectivity index (χ1v) is 10.1. The first kappa shape index (κ1) is 19.6. The van der Waals surface area contributed by atoms with Gasteiger partial charge in [-0.3, -0.25) is 9.78 Å². The lowest BCUT2D eigenvalue weighted by atomic mass is 10.1. The van der Waals surface area contributed by atoms with Gasteiger partial charge in [0.15, 0.2) is 11.5 Å². The highest BCUT2D eigenvalue weighted by molar-refractivity contribution is 7.13. The van der Waals surface area contributed by atoms with Gasteiger partial charge in [-0.1, -0.05) is 12.1 Å². The van der Waals surface area contributed by atoms with Crippen LogP contribution in [0.2, 0.25) is 0 Å². The number of nitrogens with zero attached hydrogens (tertiary/aromatic N) is 2. The number of thiazole rings is 1. The standard InChI is InChI=1S/C23H19N3O3S/c1-28-20-8-5-17(13-21(20)29-2)22(27)25-18-6-3-15(4-7-18)19-14-30-23(26-19)16-9-11-24-12-10-16/h3-14H,1-2H3,(H,25,27). The number of carbonyl (C=O) groups is 1. The maximum atomic E-state index is 12.6. The Morgan fingerprint density at radius 2 is 1.63 bits per heavy atom. The Balaban J connectivity index is 1.48. The van der Waals surface area contributed by atoms with E-state index in [1.807, 2.05) is 41.8 Å². The molecule has 0 bridgehead atoms. The molecule has 7 heteroatoms. The number of carbonyl (C=O) groups excluding carboxylic acids is 1. The van der Waals surface area contributed by atoms with Gasteiger partial charge in [-0.25, -0.2) is 4.98 Å². The van der Waals surface area contributed by atoms with Crippen molar-refractivity contribution in [3.63, 3.8) is 0 Å². The third kappa shape index (κ3) is 4.16. The Hall–Kier alpha value is -3.71. The largest absolute Gasteiger partial charge is 0.493 e. The van der Waals surface area contributed by atoms with Crippen LogP contribution in [0.15, 0.2) is 72.4 Å². The fourth-order valence-corrected chi connectivity index (χ4v) is 3.77. The zero-order valence-electron chi connectivity index (χ0n) is 16.5. The van der Waals surface area contributed by atoms with Gasteiger partial charge < -0.3 is 14.8 Å². The Bertz CT molecular complexity index is 1160. The maximum Gasteiger partial charge on any atom is 0.255 e. The molecule has 150 valence electrons. The minimum absolute atomic E-state index is 0.225. The molecule has 0 aliphatic rings. The van der Waals surface area contributed by atoms with Crippen LogP contribution in [-0.2, 0) is 0 Å². The van der Waals surface area contributed by atoms with Crippen LogP contribution in [0.4, 0.5) is 5.69 Å². The van der Waals surface area contributed by atoms with Crippen molar-refractivity contribution in [3.8, 4) is 33.3 Å². The number of nitrogens with one attached hydrogen (secondary N) is 1. The summed E-state index contributed by atoms with van der Waals surface area (Å²) in [5.41, 5.74) is 4.10. The van der Waals surface area contributed by atoms with E-state index in [0.29, 0.717) is 22.7 Å². The second-order valence-electron chi connectivity index (χ2n) is 6.38. The number of anilines is 1. The van der Waals surface area contributed by atoms with Gasteiger partial charge in [0.1, 0.15) is 5.01 Å². The van der Waals surface area contributed by atoms with E-state index in [2.05, 4.69) is 10.3 Å². The van der Waals surface area contributed by atoms with Crippen LogP contribution >= 0.6 is 11.3 Å². The third-order valence-corrected chi connectivity index (χ3v) is 5.41. The molecule has 2 aromatic heterocycles. The van der Waals surface area contributed by atoms with Crippen LogP contribution in [0.1, 0.15) is 10.4 Å². The van der Waals surface area contributed by atoms with E-state index in [4.69, 9.17) is 14.5 Å². The summed E-state index contributed by atoms with van der Waals surface area (Å²) in [6.07, 6.45) is 3.51. The van der Waals surface area contributed by atoms with Gasteiger partial charge in [0.2, 0.25) is 0 Å². The van der Waals surface area contributed by atoms with Crippen molar-refractivity contribution in [2.24, 2.45) is 0 Å². The van der Waals surface area contributed by atoms with Gasteiger partial charge in [-0.05, 0) is 42.5 Å². The predicted octanol–water partition coefficient (Wildman–Crippen LogP) is 5.14. The third-order valence-electron chi connectivity index (χ3n) is 4.52. The number of rotatable bonds is 6. The normalized spacial score (nSPS) is 10.5. The minimum atomic E-state index is -0.225. The summed E-state index contributed by atoms with van der Waals surface area (Å²) in [5, 5.41) is 5.86. The van der Waals surface area contributed by atoms with Crippen LogP contribution in [0.25, 0.3) is 21.8 Å². The number of hydrogen-bond donors (Lipinski definition) is 1. The van der Waals surface area contributed by atoms with Gasteiger partial charge in [-0.15, -0.1) is 11.3 Å². The van der Waals surface area contributed by atoms with Crippen LogP contribution in [0.5, 0.6) is 11.5 Å². The molecule has 30 heavy (non-hydrogen) atoms. The smallest absolute Gasteiger partial charge is 0.255 e. The highest BCUT2D eigenvalue weighted by Gasteiger charge is 2.12. The van der Waals surface area contributed by atoms with E-state index in [1.165, 1.54) is 7.11 Å². The lowest BCUT2D eigenvalue weighted by Crippen LogP contribution is -2.12. The monoisotopic (exact) mass is 417 g/mol. The van der Waals surface area contributed by atoms with E-state index < -0.39 is 0 Å². The van der Waals surface area contributed by atoms with Crippen molar-refractivity contribution in [1.82, 2.24) is 9.97 Å². The number of methoxy groups -OCH3 is 2. The maximum absolute atomic E-state index is 12.6. The summed E-state index contributed by atoms with van der Waals surface area (Å²) in [6, 6.07) is 16.5. The van der Waals surface area contributed by atoms with Crippen LogP contribution in [-0.4, -0.2) is 30.1 Å². The van der Waals surface area contributed by atoms with E-state index in [-0.39, 0.29) is 5.91 Å². The predicted molar refractivity (Wildman–Crippen MR) is 118 cm³/mol.